The van der Waals surface area contributed by atoms with Crippen molar-refractivity contribution in [2.75, 3.05) is 0 Å². The van der Waals surface area contributed by atoms with E-state index in [1.165, 1.54) is 17.3 Å². The second-order valence-corrected chi connectivity index (χ2v) is 6.35. The van der Waals surface area contributed by atoms with Crippen LogP contribution in [0.4, 0.5) is 0 Å². The number of aromatic nitrogens is 2. The van der Waals surface area contributed by atoms with Crippen molar-refractivity contribution in [3.05, 3.63) is 42.2 Å². The van der Waals surface area contributed by atoms with Gasteiger partial charge >= 0.3 is 0 Å². The molecular formula is C18H22N4O3. The molecule has 0 unspecified atom stereocenters. The molecule has 1 aromatic carbocycles. The third kappa shape index (κ3) is 4.37. The number of para-hydroxylation sites is 1. The average Bonchev–Trinajstić information content (AvgIpc) is 3.03. The molecule has 1 aromatic heterocycles. The van der Waals surface area contributed by atoms with E-state index in [4.69, 9.17) is 0 Å². The molecule has 1 aliphatic rings. The molecule has 1 saturated carbocycles. The number of hydrogen-bond acceptors (Lipinski definition) is 4. The van der Waals surface area contributed by atoms with Gasteiger partial charge in [-0.15, -0.1) is 0 Å². The Morgan fingerprint density at radius 1 is 1.12 bits per heavy atom. The van der Waals surface area contributed by atoms with Crippen LogP contribution in [0.5, 0.6) is 5.75 Å². The predicted octanol–water partition coefficient (Wildman–Crippen LogP) is 2.31. The lowest BCUT2D eigenvalue weighted by Crippen LogP contribution is -2.42. The first-order valence-electron chi connectivity index (χ1n) is 8.56. The highest BCUT2D eigenvalue weighted by atomic mass is 16.3. The Hall–Kier alpha value is -2.83. The molecule has 3 N–H and O–H groups in total. The van der Waals surface area contributed by atoms with Crippen LogP contribution >= 0.6 is 0 Å². The van der Waals surface area contributed by atoms with Crippen LogP contribution in [0.1, 0.15) is 49.0 Å². The smallest absolute Gasteiger partial charge is 0.294 e. The van der Waals surface area contributed by atoms with Crippen molar-refractivity contribution < 1.29 is 14.7 Å². The first kappa shape index (κ1) is 17.0. The quantitative estimate of drug-likeness (QED) is 0.743. The van der Waals surface area contributed by atoms with E-state index in [0.29, 0.717) is 12.3 Å². The van der Waals surface area contributed by atoms with Crippen LogP contribution in [0.3, 0.4) is 0 Å². The van der Waals surface area contributed by atoms with Crippen molar-refractivity contribution in [2.45, 2.75) is 38.5 Å². The molecule has 132 valence electrons. The molecule has 1 fully saturated rings. The lowest BCUT2D eigenvalue weighted by atomic mass is 9.87. The molecule has 1 aliphatic carbocycles. The minimum Gasteiger partial charge on any atom is -0.504 e. The highest BCUT2D eigenvalue weighted by molar-refractivity contribution is 5.95. The molecule has 7 nitrogen and oxygen atoms in total. The molecule has 2 aromatic rings. The number of carbonyl (C=O) groups excluding carboxylic acids is 2. The van der Waals surface area contributed by atoms with Crippen molar-refractivity contribution >= 4 is 11.8 Å². The fourth-order valence-electron chi connectivity index (χ4n) is 3.13. The Kier molecular flexibility index (Phi) is 5.33. The summed E-state index contributed by atoms with van der Waals surface area (Å²) in [7, 11) is 0. The van der Waals surface area contributed by atoms with Gasteiger partial charge in [-0.2, -0.15) is 5.10 Å². The molecule has 2 amide bonds. The lowest BCUT2D eigenvalue weighted by molar-refractivity contribution is -0.123. The number of aromatic hydroxyl groups is 1. The summed E-state index contributed by atoms with van der Waals surface area (Å²) < 4.78 is 1.41. The van der Waals surface area contributed by atoms with Gasteiger partial charge in [0.05, 0.1) is 11.9 Å². The Labute approximate surface area is 146 Å². The van der Waals surface area contributed by atoms with Crippen molar-refractivity contribution in [2.24, 2.45) is 5.92 Å². The molecule has 0 aliphatic heterocycles. The third-order valence-electron chi connectivity index (χ3n) is 4.45. The fraction of sp³-hybridized carbons (Fsp3) is 0.389. The highest BCUT2D eigenvalue weighted by Gasteiger charge is 2.20. The number of nitrogens with one attached hydrogen (secondary N) is 2. The summed E-state index contributed by atoms with van der Waals surface area (Å²) in [6, 6.07) is 9.14. The number of hydrogen-bond donors (Lipinski definition) is 3. The van der Waals surface area contributed by atoms with E-state index in [9.17, 15) is 14.7 Å². The topological polar surface area (TPSA) is 96.3 Å². The monoisotopic (exact) mass is 342 g/mol. The Bertz CT molecular complexity index is 736. The number of benzene rings is 1. The van der Waals surface area contributed by atoms with Gasteiger partial charge in [0, 0.05) is 6.42 Å². The number of nitrogens with zero attached hydrogens (tertiary/aromatic N) is 2. The zero-order chi connectivity index (χ0) is 17.6. The summed E-state index contributed by atoms with van der Waals surface area (Å²) in [6.45, 7) is 0. The molecule has 25 heavy (non-hydrogen) atoms. The summed E-state index contributed by atoms with van der Waals surface area (Å²) >= 11 is 0. The van der Waals surface area contributed by atoms with Gasteiger partial charge in [-0.3, -0.25) is 20.4 Å². The average molecular weight is 342 g/mol. The Balaban J connectivity index is 1.56. The van der Waals surface area contributed by atoms with E-state index in [2.05, 4.69) is 16.0 Å². The van der Waals surface area contributed by atoms with Gasteiger partial charge in [-0.05, 0) is 30.9 Å². The first-order valence-corrected chi connectivity index (χ1v) is 8.56. The van der Waals surface area contributed by atoms with Gasteiger partial charge in [-0.1, -0.05) is 37.5 Å². The van der Waals surface area contributed by atoms with Crippen LogP contribution in [0.25, 0.3) is 5.69 Å². The van der Waals surface area contributed by atoms with E-state index in [1.807, 2.05) is 18.2 Å². The van der Waals surface area contributed by atoms with Crippen molar-refractivity contribution in [1.82, 2.24) is 20.6 Å². The van der Waals surface area contributed by atoms with Crippen molar-refractivity contribution in [3.63, 3.8) is 0 Å². The zero-order valence-corrected chi connectivity index (χ0v) is 13.9. The number of amides is 2. The van der Waals surface area contributed by atoms with Gasteiger partial charge in [-0.25, -0.2) is 4.68 Å². The first-order chi connectivity index (χ1) is 12.1. The Morgan fingerprint density at radius 2 is 1.84 bits per heavy atom. The molecule has 7 heteroatoms. The molecule has 0 spiro atoms. The van der Waals surface area contributed by atoms with Gasteiger partial charge in [0.2, 0.25) is 5.91 Å². The summed E-state index contributed by atoms with van der Waals surface area (Å²) in [5, 5.41) is 14.0. The Morgan fingerprint density at radius 3 is 2.56 bits per heavy atom. The number of rotatable bonds is 4. The second kappa shape index (κ2) is 7.83. The zero-order valence-electron chi connectivity index (χ0n) is 13.9. The molecule has 0 atom stereocenters. The van der Waals surface area contributed by atoms with E-state index in [1.54, 1.807) is 12.1 Å². The molecule has 0 bridgehead atoms. The molecule has 0 radical (unpaired) electrons. The summed E-state index contributed by atoms with van der Waals surface area (Å²) in [5.41, 5.74) is 5.31. The van der Waals surface area contributed by atoms with Crippen LogP contribution in [0.15, 0.2) is 36.5 Å². The van der Waals surface area contributed by atoms with Gasteiger partial charge < -0.3 is 5.11 Å². The summed E-state index contributed by atoms with van der Waals surface area (Å²) in [4.78, 5) is 24.1. The highest BCUT2D eigenvalue weighted by Crippen LogP contribution is 2.26. The number of hydrazine groups is 1. The SMILES string of the molecule is O=C(CC1CCCCC1)NNC(=O)c1nn(-c2ccccc2)cc1O. The minimum absolute atomic E-state index is 0.137. The number of carbonyl (C=O) groups is 2. The maximum Gasteiger partial charge on any atom is 0.294 e. The van der Waals surface area contributed by atoms with Crippen LogP contribution in [-0.4, -0.2) is 26.7 Å². The molecule has 0 saturated heterocycles. The lowest BCUT2D eigenvalue weighted by Gasteiger charge is -2.20. The standard InChI is InChI=1S/C18H22N4O3/c23-15-12-22(14-9-5-2-6-10-14)21-17(15)18(25)20-19-16(24)11-13-7-3-1-4-8-13/h2,5-6,9-10,12-13,23H,1,3-4,7-8,11H2,(H,19,24)(H,20,25). The van der Waals surface area contributed by atoms with Crippen molar-refractivity contribution in [1.29, 1.82) is 0 Å². The van der Waals surface area contributed by atoms with E-state index in [0.717, 1.165) is 31.4 Å². The normalized spacial score (nSPS) is 14.9. The molecule has 1 heterocycles. The molecule has 3 rings (SSSR count). The maximum atomic E-state index is 12.1. The molecular weight excluding hydrogens is 320 g/mol. The van der Waals surface area contributed by atoms with Gasteiger partial charge in [0.1, 0.15) is 0 Å². The van der Waals surface area contributed by atoms with Crippen LogP contribution in [0, 0.1) is 5.92 Å². The summed E-state index contributed by atoms with van der Waals surface area (Å²) in [5.74, 6) is -0.731. The van der Waals surface area contributed by atoms with Crippen LogP contribution in [0.2, 0.25) is 0 Å². The maximum absolute atomic E-state index is 12.1. The predicted molar refractivity (Wildman–Crippen MR) is 92.0 cm³/mol. The van der Waals surface area contributed by atoms with Crippen LogP contribution in [-0.2, 0) is 4.79 Å². The fourth-order valence-corrected chi connectivity index (χ4v) is 3.13. The largest absolute Gasteiger partial charge is 0.504 e. The van der Waals surface area contributed by atoms with Crippen molar-refractivity contribution in [3.8, 4) is 11.4 Å². The third-order valence-corrected chi connectivity index (χ3v) is 4.45. The van der Waals surface area contributed by atoms with E-state index >= 15 is 0 Å². The van der Waals surface area contributed by atoms with Gasteiger partial charge in [0.25, 0.3) is 5.91 Å². The summed E-state index contributed by atoms with van der Waals surface area (Å²) in [6.07, 6.45) is 7.44. The minimum atomic E-state index is -0.649. The van der Waals surface area contributed by atoms with Crippen LogP contribution < -0.4 is 10.9 Å². The second-order valence-electron chi connectivity index (χ2n) is 6.35. The van der Waals surface area contributed by atoms with E-state index in [-0.39, 0.29) is 17.4 Å². The van der Waals surface area contributed by atoms with Gasteiger partial charge in [0.15, 0.2) is 11.4 Å². The van der Waals surface area contributed by atoms with E-state index < -0.39 is 5.91 Å².